The van der Waals surface area contributed by atoms with E-state index in [-0.39, 0.29) is 65.0 Å². The van der Waals surface area contributed by atoms with Gasteiger partial charge in [-0.05, 0) is 154 Å². The maximum absolute atomic E-state index is 12.8. The van der Waals surface area contributed by atoms with Crippen LogP contribution in [0.2, 0.25) is 0 Å². The number of aldehydes is 2. The van der Waals surface area contributed by atoms with Crippen LogP contribution < -0.4 is 0 Å². The molecule has 7 aliphatic rings. The number of hydrogen-bond donors (Lipinski definition) is 5. The molecule has 57 heavy (non-hydrogen) atoms. The normalized spacial score (nSPS) is 48.6. The van der Waals surface area contributed by atoms with Gasteiger partial charge in [-0.2, -0.15) is 0 Å². The first-order valence-electron chi connectivity index (χ1n) is 22.7. The van der Waals surface area contributed by atoms with E-state index in [4.69, 9.17) is 10.2 Å². The second-order valence-electron chi connectivity index (χ2n) is 21.6. The van der Waals surface area contributed by atoms with Gasteiger partial charge in [0.25, 0.3) is 0 Å². The Kier molecular flexibility index (Phi) is 12.7. The molecule has 0 heterocycles. The van der Waals surface area contributed by atoms with Crippen LogP contribution in [0.25, 0.3) is 0 Å². The van der Waals surface area contributed by atoms with Crippen LogP contribution in [0.15, 0.2) is 0 Å². The van der Waals surface area contributed by atoms with Gasteiger partial charge in [-0.1, -0.05) is 41.5 Å². The highest BCUT2D eigenvalue weighted by molar-refractivity contribution is 5.86. The Morgan fingerprint density at radius 1 is 0.684 bits per heavy atom. The van der Waals surface area contributed by atoms with Crippen LogP contribution in [-0.2, 0) is 24.0 Å². The lowest BCUT2D eigenvalue weighted by Gasteiger charge is -2.53. The zero-order valence-corrected chi connectivity index (χ0v) is 35.7. The Labute approximate surface area is 340 Å². The lowest BCUT2D eigenvalue weighted by Crippen LogP contribution is -2.54. The van der Waals surface area contributed by atoms with Gasteiger partial charge in [-0.15, -0.1) is 0 Å². The van der Waals surface area contributed by atoms with Gasteiger partial charge in [0.2, 0.25) is 0 Å². The Morgan fingerprint density at radius 2 is 1.21 bits per heavy atom. The number of carbonyl (C=O) groups is 5. The Balaban J connectivity index is 0.000000193. The molecule has 7 rings (SSSR count). The molecule has 18 atom stereocenters. The Hall–Kier alpha value is -2.17. The van der Waals surface area contributed by atoms with Crippen molar-refractivity contribution >= 4 is 30.3 Å². The SMILES string of the molecule is C[C@H](CCC(=O)O)[C@H]1CCC2C(C=O)C([C@@]3(C)CC[C@H](O)CC3=O)CC[C@@]21C.C[C@H](CCC(=O)O)[C@H]1CCC2C3C(CC[C@@]21C)[C@@]1(C)CC[C@H](O)C[C@@]1(O)[C@@H]3C=O. The molecule has 0 radical (unpaired) electrons. The monoisotopic (exact) mass is 799 g/mol. The molecule has 0 saturated heterocycles. The number of carbonyl (C=O) groups excluding carboxylic acids is 3. The van der Waals surface area contributed by atoms with Crippen LogP contribution in [0.4, 0.5) is 0 Å². The van der Waals surface area contributed by atoms with Crippen molar-refractivity contribution in [3.63, 3.8) is 0 Å². The van der Waals surface area contributed by atoms with Gasteiger partial charge >= 0.3 is 11.9 Å². The highest BCUT2D eigenvalue weighted by Crippen LogP contribution is 2.73. The van der Waals surface area contributed by atoms with E-state index in [9.17, 15) is 39.3 Å². The van der Waals surface area contributed by atoms with Gasteiger partial charge in [0.1, 0.15) is 18.4 Å². The van der Waals surface area contributed by atoms with Crippen LogP contribution in [0.1, 0.15) is 157 Å². The van der Waals surface area contributed by atoms with Crippen molar-refractivity contribution in [2.24, 2.45) is 86.8 Å². The van der Waals surface area contributed by atoms with Crippen molar-refractivity contribution < 1.29 is 49.5 Å². The zero-order valence-electron chi connectivity index (χ0n) is 35.7. The maximum atomic E-state index is 12.8. The Bertz CT molecular complexity index is 1530. The predicted molar refractivity (Wildman–Crippen MR) is 215 cm³/mol. The predicted octanol–water partition coefficient (Wildman–Crippen LogP) is 7.52. The summed E-state index contributed by atoms with van der Waals surface area (Å²) in [7, 11) is 0. The molecule has 7 fully saturated rings. The summed E-state index contributed by atoms with van der Waals surface area (Å²) in [5, 5.41) is 50.1. The van der Waals surface area contributed by atoms with Crippen LogP contribution >= 0.6 is 0 Å². The lowest BCUT2D eigenvalue weighted by molar-refractivity contribution is -0.156. The van der Waals surface area contributed by atoms with E-state index in [0.717, 1.165) is 70.4 Å². The van der Waals surface area contributed by atoms with E-state index >= 15 is 0 Å². The third kappa shape index (κ3) is 7.40. The maximum Gasteiger partial charge on any atom is 0.303 e. The number of aliphatic carboxylic acids is 2. The van der Waals surface area contributed by atoms with Crippen LogP contribution in [0.3, 0.4) is 0 Å². The van der Waals surface area contributed by atoms with Crippen molar-refractivity contribution in [1.29, 1.82) is 0 Å². The topological polar surface area (TPSA) is 186 Å². The molecule has 0 aromatic heterocycles. The Morgan fingerprint density at radius 3 is 1.74 bits per heavy atom. The average molecular weight is 799 g/mol. The summed E-state index contributed by atoms with van der Waals surface area (Å²) >= 11 is 0. The summed E-state index contributed by atoms with van der Waals surface area (Å²) in [4.78, 5) is 59.5. The summed E-state index contributed by atoms with van der Waals surface area (Å²) in [6, 6.07) is 0. The van der Waals surface area contributed by atoms with Gasteiger partial charge in [0.05, 0.1) is 17.8 Å². The number of hydrogen-bond acceptors (Lipinski definition) is 8. The fraction of sp³-hybridized carbons (Fsp3) is 0.894. The van der Waals surface area contributed by atoms with E-state index in [0.29, 0.717) is 74.0 Å². The molecule has 0 aromatic rings. The summed E-state index contributed by atoms with van der Waals surface area (Å²) < 4.78 is 0. The molecule has 5 N–H and O–H groups in total. The molecule has 0 aromatic carbocycles. The largest absolute Gasteiger partial charge is 0.481 e. The molecule has 0 aliphatic heterocycles. The number of Topliss-reactive ketones (excluding diaryl/α,β-unsaturated/α-hetero) is 1. The summed E-state index contributed by atoms with van der Waals surface area (Å²) in [6.07, 6.45) is 14.4. The molecule has 10 heteroatoms. The minimum Gasteiger partial charge on any atom is -0.481 e. The molecule has 7 saturated carbocycles. The first kappa shape index (κ1) is 44.4. The van der Waals surface area contributed by atoms with E-state index in [2.05, 4.69) is 34.6 Å². The van der Waals surface area contributed by atoms with Crippen LogP contribution in [0.5, 0.6) is 0 Å². The summed E-state index contributed by atoms with van der Waals surface area (Å²) in [6.45, 7) is 13.2. The molecular weight excluding hydrogens is 725 g/mol. The lowest BCUT2D eigenvalue weighted by atomic mass is 9.50. The zero-order chi connectivity index (χ0) is 41.9. The van der Waals surface area contributed by atoms with E-state index in [1.54, 1.807) is 0 Å². The highest BCUT2D eigenvalue weighted by atomic mass is 16.4. The number of aliphatic hydroxyl groups excluding tert-OH is 2. The number of ketones is 1. The van der Waals surface area contributed by atoms with Crippen LogP contribution in [0, 0.1) is 86.8 Å². The van der Waals surface area contributed by atoms with Crippen molar-refractivity contribution in [2.75, 3.05) is 0 Å². The molecular formula is C47H74O10. The van der Waals surface area contributed by atoms with E-state index in [1.165, 1.54) is 0 Å². The fourth-order valence-electron chi connectivity index (χ4n) is 16.1. The van der Waals surface area contributed by atoms with Gasteiger partial charge in [0.15, 0.2) is 0 Å². The standard InChI is InChI=1S/C24H38O5.C23H36O5/c1-14(4-7-20(27)28)16-5-6-17-21-18(9-10-22(16,17)2)23(3)11-8-15(26)12-24(23,29)19(21)13-25;1-14(4-7-21(27)28)17-5-6-18-16(13-24)19(9-11-22(17,18)2)23(3)10-8-15(25)12-20(23)26/h13-19,21,26,29H,4-12H2,1-3H3,(H,27,28);13-19,25H,4-12H2,1-3H3,(H,27,28)/t14-,15+,16-,17?,18?,19-,21?,22-,23-,24-;14-,15+,16?,17-,18?,19?,22-,23-/m11/s1. The molecule has 0 bridgehead atoms. The van der Waals surface area contributed by atoms with Gasteiger partial charge in [0, 0.05) is 48.3 Å². The molecule has 0 amide bonds. The number of carboxylic acid groups (broad SMARTS) is 2. The smallest absolute Gasteiger partial charge is 0.303 e. The average Bonchev–Trinajstić information content (AvgIpc) is 3.75. The van der Waals surface area contributed by atoms with Gasteiger partial charge < -0.3 is 35.1 Å². The molecule has 7 aliphatic carbocycles. The van der Waals surface area contributed by atoms with E-state index in [1.807, 2.05) is 6.92 Å². The number of fused-ring (bicyclic) bond motifs is 6. The molecule has 6 unspecified atom stereocenters. The second kappa shape index (κ2) is 16.4. The third-order valence-electron chi connectivity index (χ3n) is 19.3. The van der Waals surface area contributed by atoms with E-state index < -0.39 is 41.1 Å². The quantitative estimate of drug-likeness (QED) is 0.131. The number of rotatable bonds is 11. The molecule has 0 spiro atoms. The van der Waals surface area contributed by atoms with Gasteiger partial charge in [-0.3, -0.25) is 14.4 Å². The first-order valence-corrected chi connectivity index (χ1v) is 22.7. The third-order valence-corrected chi connectivity index (χ3v) is 19.3. The first-order chi connectivity index (χ1) is 26.7. The minimum absolute atomic E-state index is 0.0492. The number of aliphatic hydroxyl groups is 3. The summed E-state index contributed by atoms with van der Waals surface area (Å²) in [5.41, 5.74) is -1.73. The second-order valence-corrected chi connectivity index (χ2v) is 21.6. The number of carboxylic acids is 2. The molecule has 10 nitrogen and oxygen atoms in total. The van der Waals surface area contributed by atoms with Crippen LogP contribution in [-0.4, -0.2) is 73.6 Å². The van der Waals surface area contributed by atoms with Crippen molar-refractivity contribution in [1.82, 2.24) is 0 Å². The van der Waals surface area contributed by atoms with Gasteiger partial charge in [-0.25, -0.2) is 0 Å². The summed E-state index contributed by atoms with van der Waals surface area (Å²) in [5.74, 6) is 1.01. The highest BCUT2D eigenvalue weighted by Gasteiger charge is 2.72. The minimum atomic E-state index is -1.10. The fourth-order valence-corrected chi connectivity index (χ4v) is 16.1. The van der Waals surface area contributed by atoms with Crippen molar-refractivity contribution in [3.8, 4) is 0 Å². The van der Waals surface area contributed by atoms with Crippen molar-refractivity contribution in [3.05, 3.63) is 0 Å². The molecule has 322 valence electrons. The van der Waals surface area contributed by atoms with Crippen molar-refractivity contribution in [2.45, 2.75) is 175 Å².